The van der Waals surface area contributed by atoms with Crippen LogP contribution in [0.2, 0.25) is 0 Å². The molecule has 0 unspecified atom stereocenters. The van der Waals surface area contributed by atoms with E-state index in [-0.39, 0.29) is 0 Å². The Bertz CT molecular complexity index is 329. The zero-order valence-corrected chi connectivity index (χ0v) is 11.8. The lowest BCUT2D eigenvalue weighted by Crippen LogP contribution is -2.16. The van der Waals surface area contributed by atoms with Crippen molar-refractivity contribution in [1.82, 2.24) is 15.2 Å². The third-order valence-corrected chi connectivity index (χ3v) is 2.55. The van der Waals surface area contributed by atoms with Gasteiger partial charge >= 0.3 is 0 Å². The highest BCUT2D eigenvalue weighted by Gasteiger charge is 1.99. The summed E-state index contributed by atoms with van der Waals surface area (Å²) >= 11 is 0. The quantitative estimate of drug-likeness (QED) is 0.680. The predicted molar refractivity (Wildman–Crippen MR) is 74.9 cm³/mol. The molecule has 0 saturated heterocycles. The number of ether oxygens (including phenoxy) is 1. The molecule has 0 spiro atoms. The van der Waals surface area contributed by atoms with Gasteiger partial charge in [-0.1, -0.05) is 6.92 Å². The first-order chi connectivity index (χ1) is 8.72. The van der Waals surface area contributed by atoms with Crippen LogP contribution in [0, 0.1) is 0 Å². The highest BCUT2D eigenvalue weighted by molar-refractivity contribution is 5.20. The second-order valence-electron chi connectivity index (χ2n) is 4.68. The molecule has 0 bridgehead atoms. The van der Waals surface area contributed by atoms with E-state index in [2.05, 4.69) is 36.2 Å². The summed E-state index contributed by atoms with van der Waals surface area (Å²) in [6, 6.07) is 4.04. The van der Waals surface area contributed by atoms with Gasteiger partial charge in [0.2, 0.25) is 5.88 Å². The number of rotatable bonds is 9. The lowest BCUT2D eigenvalue weighted by molar-refractivity contribution is 0.273. The van der Waals surface area contributed by atoms with E-state index < -0.39 is 0 Å². The summed E-state index contributed by atoms with van der Waals surface area (Å²) in [5.74, 6) is 0.726. The van der Waals surface area contributed by atoms with Crippen LogP contribution in [0.1, 0.15) is 25.3 Å². The fraction of sp³-hybridized carbons (Fsp3) is 0.643. The average molecular weight is 251 g/mol. The highest BCUT2D eigenvalue weighted by atomic mass is 16.5. The fourth-order valence-electron chi connectivity index (χ4n) is 1.61. The molecule has 1 aromatic rings. The third-order valence-electron chi connectivity index (χ3n) is 2.55. The van der Waals surface area contributed by atoms with Gasteiger partial charge in [-0.05, 0) is 45.1 Å². The van der Waals surface area contributed by atoms with Gasteiger partial charge in [0.25, 0.3) is 0 Å². The Balaban J connectivity index is 2.30. The Morgan fingerprint density at radius 2 is 2.22 bits per heavy atom. The average Bonchev–Trinajstić information content (AvgIpc) is 2.35. The minimum absolute atomic E-state index is 0.719. The Morgan fingerprint density at radius 1 is 1.39 bits per heavy atom. The molecule has 102 valence electrons. The number of nitrogens with zero attached hydrogens (tertiary/aromatic N) is 2. The van der Waals surface area contributed by atoms with E-state index in [1.54, 1.807) is 0 Å². The highest BCUT2D eigenvalue weighted by Crippen LogP contribution is 2.09. The Labute approximate surface area is 110 Å². The van der Waals surface area contributed by atoms with Crippen molar-refractivity contribution in [1.29, 1.82) is 0 Å². The summed E-state index contributed by atoms with van der Waals surface area (Å²) < 4.78 is 5.64. The number of hydrogen-bond acceptors (Lipinski definition) is 4. The van der Waals surface area contributed by atoms with Crippen LogP contribution in [0.5, 0.6) is 5.88 Å². The van der Waals surface area contributed by atoms with Crippen molar-refractivity contribution in [3.05, 3.63) is 23.9 Å². The van der Waals surface area contributed by atoms with Crippen LogP contribution >= 0.6 is 0 Å². The molecule has 0 atom stereocenters. The molecule has 0 amide bonds. The molecule has 4 nitrogen and oxygen atoms in total. The summed E-state index contributed by atoms with van der Waals surface area (Å²) in [6.45, 7) is 5.85. The maximum absolute atomic E-state index is 5.64. The van der Waals surface area contributed by atoms with E-state index in [1.165, 1.54) is 5.56 Å². The van der Waals surface area contributed by atoms with Crippen LogP contribution < -0.4 is 10.1 Å². The number of hydrogen-bond donors (Lipinski definition) is 1. The van der Waals surface area contributed by atoms with Gasteiger partial charge in [-0.15, -0.1) is 0 Å². The van der Waals surface area contributed by atoms with E-state index in [1.807, 2.05) is 18.3 Å². The second-order valence-corrected chi connectivity index (χ2v) is 4.68. The molecule has 0 aliphatic carbocycles. The Morgan fingerprint density at radius 3 is 2.94 bits per heavy atom. The molecule has 1 aromatic heterocycles. The number of nitrogens with one attached hydrogen (secondary N) is 1. The minimum atomic E-state index is 0.719. The Hall–Kier alpha value is -1.13. The molecular formula is C14H25N3O. The van der Waals surface area contributed by atoms with Gasteiger partial charge in [-0.2, -0.15) is 0 Å². The van der Waals surface area contributed by atoms with Gasteiger partial charge in [0.1, 0.15) is 0 Å². The molecule has 0 aromatic carbocycles. The van der Waals surface area contributed by atoms with Crippen LogP contribution in [0.25, 0.3) is 0 Å². The summed E-state index contributed by atoms with van der Waals surface area (Å²) in [7, 11) is 4.14. The van der Waals surface area contributed by atoms with Crippen molar-refractivity contribution in [2.24, 2.45) is 0 Å². The van der Waals surface area contributed by atoms with Crippen molar-refractivity contribution < 1.29 is 4.74 Å². The fourth-order valence-corrected chi connectivity index (χ4v) is 1.61. The Kier molecular flexibility index (Phi) is 7.37. The molecule has 0 aliphatic rings. The molecule has 1 rings (SSSR count). The number of pyridine rings is 1. The number of aromatic nitrogens is 1. The van der Waals surface area contributed by atoms with Crippen LogP contribution in [0.15, 0.2) is 18.3 Å². The zero-order valence-electron chi connectivity index (χ0n) is 11.8. The lowest BCUT2D eigenvalue weighted by Gasteiger charge is -2.10. The topological polar surface area (TPSA) is 37.4 Å². The van der Waals surface area contributed by atoms with Gasteiger partial charge < -0.3 is 15.0 Å². The second kappa shape index (κ2) is 8.89. The molecule has 1 N–H and O–H groups in total. The normalized spacial score (nSPS) is 10.9. The standard InChI is InChI=1S/C14H25N3O/c1-4-7-15-12-13-6-8-16-14(11-13)18-10-5-9-17(2)3/h6,8,11,15H,4-5,7,9-10,12H2,1-3H3. The van der Waals surface area contributed by atoms with Gasteiger partial charge in [-0.25, -0.2) is 4.98 Å². The van der Waals surface area contributed by atoms with E-state index in [0.29, 0.717) is 0 Å². The zero-order chi connectivity index (χ0) is 13.2. The van der Waals surface area contributed by atoms with E-state index in [4.69, 9.17) is 4.74 Å². The smallest absolute Gasteiger partial charge is 0.213 e. The van der Waals surface area contributed by atoms with Crippen LogP contribution in [-0.2, 0) is 6.54 Å². The minimum Gasteiger partial charge on any atom is -0.478 e. The van der Waals surface area contributed by atoms with Gasteiger partial charge in [0, 0.05) is 25.4 Å². The summed E-state index contributed by atoms with van der Waals surface area (Å²) in [4.78, 5) is 6.38. The first-order valence-corrected chi connectivity index (χ1v) is 6.65. The van der Waals surface area contributed by atoms with E-state index in [9.17, 15) is 0 Å². The van der Waals surface area contributed by atoms with Crippen molar-refractivity contribution in [3.8, 4) is 5.88 Å². The molecular weight excluding hydrogens is 226 g/mol. The predicted octanol–water partition coefficient (Wildman–Crippen LogP) is 1.91. The van der Waals surface area contributed by atoms with Crippen LogP contribution in [-0.4, -0.2) is 43.7 Å². The summed E-state index contributed by atoms with van der Waals surface area (Å²) in [5.41, 5.74) is 1.22. The first kappa shape index (κ1) is 14.9. The van der Waals surface area contributed by atoms with Gasteiger partial charge in [-0.3, -0.25) is 0 Å². The molecule has 0 aliphatic heterocycles. The summed E-state index contributed by atoms with van der Waals surface area (Å²) in [5, 5.41) is 3.37. The molecule has 1 heterocycles. The molecule has 18 heavy (non-hydrogen) atoms. The van der Waals surface area contributed by atoms with E-state index >= 15 is 0 Å². The van der Waals surface area contributed by atoms with Crippen molar-refractivity contribution in [2.75, 3.05) is 33.8 Å². The largest absolute Gasteiger partial charge is 0.478 e. The van der Waals surface area contributed by atoms with Crippen molar-refractivity contribution >= 4 is 0 Å². The molecule has 0 fully saturated rings. The third kappa shape index (κ3) is 6.57. The molecule has 0 radical (unpaired) electrons. The summed E-state index contributed by atoms with van der Waals surface area (Å²) in [6.07, 6.45) is 3.98. The van der Waals surface area contributed by atoms with Gasteiger partial charge in [0.15, 0.2) is 0 Å². The lowest BCUT2D eigenvalue weighted by atomic mass is 10.2. The van der Waals surface area contributed by atoms with Crippen molar-refractivity contribution in [3.63, 3.8) is 0 Å². The SMILES string of the molecule is CCCNCc1ccnc(OCCCN(C)C)c1. The van der Waals surface area contributed by atoms with Crippen molar-refractivity contribution in [2.45, 2.75) is 26.3 Å². The first-order valence-electron chi connectivity index (χ1n) is 6.65. The monoisotopic (exact) mass is 251 g/mol. The van der Waals surface area contributed by atoms with Crippen LogP contribution in [0.3, 0.4) is 0 Å². The van der Waals surface area contributed by atoms with Crippen LogP contribution in [0.4, 0.5) is 0 Å². The molecule has 0 saturated carbocycles. The maximum atomic E-state index is 5.64. The van der Waals surface area contributed by atoms with E-state index in [0.717, 1.165) is 45.0 Å². The van der Waals surface area contributed by atoms with Gasteiger partial charge in [0.05, 0.1) is 6.61 Å². The molecule has 4 heteroatoms. The maximum Gasteiger partial charge on any atom is 0.213 e.